The summed E-state index contributed by atoms with van der Waals surface area (Å²) in [7, 11) is -3.97. The van der Waals surface area contributed by atoms with E-state index in [1.54, 1.807) is 22.3 Å². The van der Waals surface area contributed by atoms with Crippen molar-refractivity contribution in [1.29, 1.82) is 0 Å². The minimum absolute atomic E-state index is 0.0226. The van der Waals surface area contributed by atoms with E-state index in [0.29, 0.717) is 19.1 Å². The SMILES string of the molecule is O=C(CNS(=O)(=O)c1c(Cl)cccc1Cl)N1CC(N2CCc3sccc3C2)C1. The molecule has 0 unspecified atom stereocenters. The monoisotopic (exact) mass is 459 g/mol. The summed E-state index contributed by atoms with van der Waals surface area (Å²) in [6, 6.07) is 6.95. The zero-order chi connectivity index (χ0) is 19.9. The van der Waals surface area contributed by atoms with Gasteiger partial charge in [-0.25, -0.2) is 13.1 Å². The number of fused-ring (bicyclic) bond motifs is 1. The fourth-order valence-electron chi connectivity index (χ4n) is 3.55. The van der Waals surface area contributed by atoms with Gasteiger partial charge in [0.1, 0.15) is 4.90 Å². The molecule has 2 aromatic rings. The number of amides is 1. The van der Waals surface area contributed by atoms with E-state index in [0.717, 1.165) is 19.5 Å². The zero-order valence-corrected chi connectivity index (χ0v) is 18.0. The summed E-state index contributed by atoms with van der Waals surface area (Å²) in [6.45, 7) is 2.84. The van der Waals surface area contributed by atoms with Gasteiger partial charge < -0.3 is 4.90 Å². The van der Waals surface area contributed by atoms with Gasteiger partial charge in [-0.05, 0) is 35.6 Å². The molecule has 0 bridgehead atoms. The lowest BCUT2D eigenvalue weighted by atomic mass is 10.0. The van der Waals surface area contributed by atoms with Gasteiger partial charge in [0.05, 0.1) is 16.6 Å². The van der Waals surface area contributed by atoms with Crippen molar-refractivity contribution >= 4 is 50.5 Å². The van der Waals surface area contributed by atoms with E-state index in [1.165, 1.54) is 22.6 Å². The van der Waals surface area contributed by atoms with Crippen LogP contribution < -0.4 is 4.72 Å². The molecule has 2 aliphatic heterocycles. The number of nitrogens with zero attached hydrogens (tertiary/aromatic N) is 2. The van der Waals surface area contributed by atoms with Gasteiger partial charge in [0.15, 0.2) is 0 Å². The molecule has 1 aromatic carbocycles. The van der Waals surface area contributed by atoms with Crippen LogP contribution in [0, 0.1) is 0 Å². The Hall–Kier alpha value is -1.16. The molecule has 2 aliphatic rings. The predicted octanol–water partition coefficient (Wildman–Crippen LogP) is 2.60. The van der Waals surface area contributed by atoms with Gasteiger partial charge >= 0.3 is 0 Å². The molecule has 150 valence electrons. The van der Waals surface area contributed by atoms with Crippen LogP contribution in [0.15, 0.2) is 34.5 Å². The zero-order valence-electron chi connectivity index (χ0n) is 14.9. The highest BCUT2D eigenvalue weighted by atomic mass is 35.5. The third-order valence-corrected chi connectivity index (χ3v) is 8.55. The van der Waals surface area contributed by atoms with E-state index in [1.807, 2.05) is 0 Å². The van der Waals surface area contributed by atoms with Crippen molar-refractivity contribution in [1.82, 2.24) is 14.5 Å². The second kappa shape index (κ2) is 7.93. The smallest absolute Gasteiger partial charge is 0.244 e. The van der Waals surface area contributed by atoms with Gasteiger partial charge in [0.25, 0.3) is 0 Å². The molecule has 0 atom stereocenters. The number of likely N-dealkylation sites (tertiary alicyclic amines) is 1. The lowest BCUT2D eigenvalue weighted by Gasteiger charge is -2.46. The molecule has 0 spiro atoms. The van der Waals surface area contributed by atoms with Gasteiger partial charge in [-0.3, -0.25) is 9.69 Å². The predicted molar refractivity (Wildman–Crippen MR) is 110 cm³/mol. The molecule has 3 heterocycles. The van der Waals surface area contributed by atoms with Crippen molar-refractivity contribution in [3.8, 4) is 0 Å². The number of nitrogens with one attached hydrogen (secondary N) is 1. The van der Waals surface area contributed by atoms with Crippen LogP contribution >= 0.6 is 34.5 Å². The number of halogens is 2. The number of thiophene rings is 1. The van der Waals surface area contributed by atoms with Crippen molar-refractivity contribution in [3.05, 3.63) is 50.1 Å². The third-order valence-electron chi connectivity index (χ3n) is 5.17. The van der Waals surface area contributed by atoms with E-state index in [4.69, 9.17) is 23.2 Å². The molecule has 1 saturated heterocycles. The first kappa shape index (κ1) is 20.1. The summed E-state index contributed by atoms with van der Waals surface area (Å²) in [4.78, 5) is 17.7. The van der Waals surface area contributed by atoms with Crippen LogP contribution in [0.1, 0.15) is 10.4 Å². The van der Waals surface area contributed by atoms with E-state index < -0.39 is 10.0 Å². The van der Waals surface area contributed by atoms with Gasteiger partial charge in [-0.2, -0.15) is 0 Å². The topological polar surface area (TPSA) is 69.7 Å². The minimum atomic E-state index is -3.97. The Morgan fingerprint density at radius 1 is 1.21 bits per heavy atom. The molecule has 1 N–H and O–H groups in total. The quantitative estimate of drug-likeness (QED) is 0.745. The molecule has 1 aromatic heterocycles. The summed E-state index contributed by atoms with van der Waals surface area (Å²) in [5.74, 6) is -0.253. The number of carbonyl (C=O) groups excluding carboxylic acids is 1. The first-order valence-electron chi connectivity index (χ1n) is 8.86. The van der Waals surface area contributed by atoms with Gasteiger partial charge in [0.2, 0.25) is 15.9 Å². The fraction of sp³-hybridized carbons (Fsp3) is 0.389. The second-order valence-corrected chi connectivity index (χ2v) is 10.4. The van der Waals surface area contributed by atoms with E-state index in [2.05, 4.69) is 21.1 Å². The normalized spacial score (nSPS) is 18.0. The molecule has 4 rings (SSSR count). The molecule has 1 amide bonds. The Labute approximate surface area is 178 Å². The standard InChI is InChI=1S/C18H19Cl2N3O3S2/c19-14-2-1-3-15(20)18(14)28(25,26)21-8-17(24)23-10-13(11-23)22-6-4-16-12(9-22)5-7-27-16/h1-3,5,7,13,21H,4,6,8-11H2. The van der Waals surface area contributed by atoms with Gasteiger partial charge in [-0.15, -0.1) is 11.3 Å². The number of hydrogen-bond donors (Lipinski definition) is 1. The van der Waals surface area contributed by atoms with Crippen molar-refractivity contribution in [3.63, 3.8) is 0 Å². The minimum Gasteiger partial charge on any atom is -0.338 e. The number of carbonyl (C=O) groups is 1. The lowest BCUT2D eigenvalue weighted by molar-refractivity contribution is -0.137. The molecule has 0 saturated carbocycles. The molecular formula is C18H19Cl2N3O3S2. The molecular weight excluding hydrogens is 441 g/mol. The summed E-state index contributed by atoms with van der Waals surface area (Å²) in [5.41, 5.74) is 1.38. The van der Waals surface area contributed by atoms with Crippen molar-refractivity contribution < 1.29 is 13.2 Å². The average molecular weight is 460 g/mol. The van der Waals surface area contributed by atoms with Crippen LogP contribution in [-0.2, 0) is 27.8 Å². The summed E-state index contributed by atoms with van der Waals surface area (Å²) in [5, 5.41) is 2.17. The highest BCUT2D eigenvalue weighted by Gasteiger charge is 2.36. The average Bonchev–Trinajstić information content (AvgIpc) is 3.06. The van der Waals surface area contributed by atoms with Crippen LogP contribution in [0.4, 0.5) is 0 Å². The van der Waals surface area contributed by atoms with E-state index >= 15 is 0 Å². The summed E-state index contributed by atoms with van der Waals surface area (Å²) < 4.78 is 27.2. The Morgan fingerprint density at radius 3 is 2.64 bits per heavy atom. The van der Waals surface area contributed by atoms with E-state index in [-0.39, 0.29) is 27.4 Å². The van der Waals surface area contributed by atoms with Crippen LogP contribution in [0.3, 0.4) is 0 Å². The molecule has 10 heteroatoms. The highest BCUT2D eigenvalue weighted by molar-refractivity contribution is 7.89. The third kappa shape index (κ3) is 3.94. The number of rotatable bonds is 5. The number of hydrogen-bond acceptors (Lipinski definition) is 5. The van der Waals surface area contributed by atoms with Crippen molar-refractivity contribution in [2.24, 2.45) is 0 Å². The maximum Gasteiger partial charge on any atom is 0.244 e. The maximum absolute atomic E-state index is 12.5. The fourth-order valence-corrected chi connectivity index (χ4v) is 6.56. The Balaban J connectivity index is 1.30. The summed E-state index contributed by atoms with van der Waals surface area (Å²) >= 11 is 13.7. The number of benzene rings is 1. The first-order valence-corrected chi connectivity index (χ1v) is 12.0. The Kier molecular flexibility index (Phi) is 5.70. The van der Waals surface area contributed by atoms with E-state index in [9.17, 15) is 13.2 Å². The maximum atomic E-state index is 12.5. The Morgan fingerprint density at radius 2 is 1.93 bits per heavy atom. The van der Waals surface area contributed by atoms with Crippen LogP contribution in [-0.4, -0.2) is 56.3 Å². The number of sulfonamides is 1. The van der Waals surface area contributed by atoms with Crippen LogP contribution in [0.2, 0.25) is 10.0 Å². The van der Waals surface area contributed by atoms with Gasteiger partial charge in [-0.1, -0.05) is 29.3 Å². The molecule has 0 aliphatic carbocycles. The summed E-state index contributed by atoms with van der Waals surface area (Å²) in [6.07, 6.45) is 1.05. The van der Waals surface area contributed by atoms with Crippen molar-refractivity contribution in [2.45, 2.75) is 23.9 Å². The van der Waals surface area contributed by atoms with Crippen molar-refractivity contribution in [2.75, 3.05) is 26.2 Å². The molecule has 28 heavy (non-hydrogen) atoms. The largest absolute Gasteiger partial charge is 0.338 e. The lowest BCUT2D eigenvalue weighted by Crippen LogP contribution is -2.62. The second-order valence-electron chi connectivity index (χ2n) is 6.92. The highest BCUT2D eigenvalue weighted by Crippen LogP contribution is 2.29. The molecule has 6 nitrogen and oxygen atoms in total. The van der Waals surface area contributed by atoms with Crippen LogP contribution in [0.5, 0.6) is 0 Å². The first-order chi connectivity index (χ1) is 13.3. The van der Waals surface area contributed by atoms with Crippen LogP contribution in [0.25, 0.3) is 0 Å². The molecule has 1 fully saturated rings. The van der Waals surface area contributed by atoms with Gasteiger partial charge in [0, 0.05) is 37.1 Å². The Bertz CT molecular complexity index is 983. The molecule has 0 radical (unpaired) electrons.